The van der Waals surface area contributed by atoms with Crippen LogP contribution in [0.2, 0.25) is 0 Å². The molecule has 6 nitrogen and oxygen atoms in total. The van der Waals surface area contributed by atoms with Gasteiger partial charge in [-0.2, -0.15) is 5.26 Å². The molecule has 1 atom stereocenters. The van der Waals surface area contributed by atoms with Crippen molar-refractivity contribution in [2.24, 2.45) is 5.92 Å². The Morgan fingerprint density at radius 3 is 2.74 bits per heavy atom. The van der Waals surface area contributed by atoms with E-state index in [0.717, 1.165) is 38.3 Å². The largest absolute Gasteiger partial charge is 0.451 e. The summed E-state index contributed by atoms with van der Waals surface area (Å²) in [4.78, 5) is 27.5. The van der Waals surface area contributed by atoms with Crippen LogP contribution in [0.25, 0.3) is 0 Å². The van der Waals surface area contributed by atoms with Gasteiger partial charge in [0.2, 0.25) is 11.7 Å². The van der Waals surface area contributed by atoms with Gasteiger partial charge in [-0.25, -0.2) is 4.98 Å². The van der Waals surface area contributed by atoms with E-state index in [1.165, 1.54) is 6.42 Å². The Labute approximate surface area is 110 Å². The van der Waals surface area contributed by atoms with E-state index in [0.29, 0.717) is 0 Å². The lowest BCUT2D eigenvalue weighted by atomic mass is 9.94. The zero-order valence-electron chi connectivity index (χ0n) is 10.5. The van der Waals surface area contributed by atoms with Crippen molar-refractivity contribution in [3.05, 3.63) is 18.4 Å². The summed E-state index contributed by atoms with van der Waals surface area (Å²) in [5, 5.41) is 11.8. The number of aromatic nitrogens is 1. The van der Waals surface area contributed by atoms with Crippen LogP contribution in [0.4, 0.5) is 0 Å². The van der Waals surface area contributed by atoms with Crippen molar-refractivity contribution in [1.82, 2.24) is 10.3 Å². The summed E-state index contributed by atoms with van der Waals surface area (Å²) in [5.41, 5.74) is 0.00495. The number of hydrogen-bond acceptors (Lipinski definition) is 5. The summed E-state index contributed by atoms with van der Waals surface area (Å²) in [6.07, 6.45) is 7.36. The molecular formula is C13H15N3O3. The molecule has 2 rings (SSSR count). The van der Waals surface area contributed by atoms with Crippen LogP contribution < -0.4 is 5.32 Å². The molecule has 0 aromatic carbocycles. The number of ketones is 1. The third-order valence-corrected chi connectivity index (χ3v) is 3.29. The Balaban J connectivity index is 1.99. The molecule has 100 valence electrons. The molecule has 1 aromatic heterocycles. The van der Waals surface area contributed by atoms with Crippen LogP contribution in [0.1, 0.15) is 42.6 Å². The molecule has 0 aliphatic heterocycles. The fourth-order valence-corrected chi connectivity index (χ4v) is 2.25. The maximum atomic E-state index is 12.0. The first-order chi connectivity index (χ1) is 9.22. The average Bonchev–Trinajstić information content (AvgIpc) is 2.94. The molecule has 1 aliphatic rings. The van der Waals surface area contributed by atoms with Gasteiger partial charge in [-0.15, -0.1) is 0 Å². The van der Waals surface area contributed by atoms with E-state index in [1.807, 2.05) is 0 Å². The molecule has 1 heterocycles. The summed E-state index contributed by atoms with van der Waals surface area (Å²) in [6.45, 7) is 0. The highest BCUT2D eigenvalue weighted by Gasteiger charge is 2.30. The van der Waals surface area contributed by atoms with Crippen LogP contribution in [0.5, 0.6) is 0 Å². The second-order valence-corrected chi connectivity index (χ2v) is 4.64. The van der Waals surface area contributed by atoms with Crippen molar-refractivity contribution in [3.8, 4) is 6.07 Å². The van der Waals surface area contributed by atoms with E-state index in [2.05, 4.69) is 14.7 Å². The molecule has 1 fully saturated rings. The molecule has 1 saturated carbocycles. The first-order valence-electron chi connectivity index (χ1n) is 6.34. The van der Waals surface area contributed by atoms with Crippen molar-refractivity contribution in [2.75, 3.05) is 0 Å². The fourth-order valence-electron chi connectivity index (χ4n) is 2.25. The number of nitrogens with one attached hydrogen (secondary N) is 1. The van der Waals surface area contributed by atoms with Crippen molar-refractivity contribution >= 4 is 11.7 Å². The maximum absolute atomic E-state index is 12.0. The topological polar surface area (TPSA) is 96.0 Å². The average molecular weight is 261 g/mol. The van der Waals surface area contributed by atoms with Gasteiger partial charge in [0, 0.05) is 6.04 Å². The van der Waals surface area contributed by atoms with Crippen LogP contribution in [-0.2, 0) is 4.79 Å². The Bertz CT molecular complexity index is 484. The third kappa shape index (κ3) is 3.19. The Morgan fingerprint density at radius 1 is 1.42 bits per heavy atom. The molecule has 0 radical (unpaired) electrons. The van der Waals surface area contributed by atoms with Gasteiger partial charge >= 0.3 is 0 Å². The molecule has 0 spiro atoms. The summed E-state index contributed by atoms with van der Waals surface area (Å²) in [5.74, 6) is -2.51. The minimum Gasteiger partial charge on any atom is -0.451 e. The van der Waals surface area contributed by atoms with E-state index >= 15 is 0 Å². The zero-order chi connectivity index (χ0) is 13.7. The quantitative estimate of drug-likeness (QED) is 0.653. The van der Waals surface area contributed by atoms with E-state index in [-0.39, 0.29) is 11.7 Å². The van der Waals surface area contributed by atoms with E-state index in [1.54, 1.807) is 6.07 Å². The maximum Gasteiger partial charge on any atom is 0.245 e. The van der Waals surface area contributed by atoms with Crippen LogP contribution in [0.3, 0.4) is 0 Å². The van der Waals surface area contributed by atoms with E-state index in [9.17, 15) is 9.59 Å². The van der Waals surface area contributed by atoms with Crippen molar-refractivity contribution in [1.29, 1.82) is 5.26 Å². The van der Waals surface area contributed by atoms with E-state index < -0.39 is 17.6 Å². The molecule has 6 heteroatoms. The number of nitrogens with zero attached hydrogens (tertiary/aromatic N) is 2. The first-order valence-corrected chi connectivity index (χ1v) is 6.34. The predicted molar refractivity (Wildman–Crippen MR) is 65.0 cm³/mol. The Hall–Kier alpha value is -2.16. The number of carbonyl (C=O) groups excluding carboxylic acids is 2. The molecular weight excluding hydrogens is 246 g/mol. The molecule has 0 saturated heterocycles. The molecule has 1 aromatic rings. The second-order valence-electron chi connectivity index (χ2n) is 4.64. The lowest BCUT2D eigenvalue weighted by Crippen LogP contribution is -2.42. The van der Waals surface area contributed by atoms with Gasteiger partial charge in [-0.1, -0.05) is 19.3 Å². The number of Topliss-reactive ketones (excluding diaryl/α,β-unsaturated/α-hetero) is 1. The first kappa shape index (κ1) is 13.3. The Morgan fingerprint density at radius 2 is 2.16 bits per heavy atom. The summed E-state index contributed by atoms with van der Waals surface area (Å²) < 4.78 is 4.69. The van der Waals surface area contributed by atoms with E-state index in [4.69, 9.17) is 5.26 Å². The molecule has 1 aliphatic carbocycles. The third-order valence-electron chi connectivity index (χ3n) is 3.29. The molecule has 1 N–H and O–H groups in total. The standard InChI is InChI=1S/C13H15N3O3/c14-6-10(12(17)11-7-19-8-15-11)13(18)16-9-4-2-1-3-5-9/h7-10H,1-5H2,(H,16,18)/t10-/m1/s1. The molecule has 19 heavy (non-hydrogen) atoms. The number of nitriles is 1. The lowest BCUT2D eigenvalue weighted by Gasteiger charge is -2.23. The number of hydrogen-bond donors (Lipinski definition) is 1. The zero-order valence-corrected chi connectivity index (χ0v) is 10.5. The summed E-state index contributed by atoms with van der Waals surface area (Å²) in [6, 6.07) is 1.81. The number of oxazole rings is 1. The number of amides is 1. The van der Waals surface area contributed by atoms with Gasteiger partial charge in [0.05, 0.1) is 6.07 Å². The van der Waals surface area contributed by atoms with Crippen LogP contribution >= 0.6 is 0 Å². The summed E-state index contributed by atoms with van der Waals surface area (Å²) in [7, 11) is 0. The van der Waals surface area contributed by atoms with Crippen molar-refractivity contribution in [2.45, 2.75) is 38.1 Å². The van der Waals surface area contributed by atoms with Crippen LogP contribution in [0, 0.1) is 17.2 Å². The molecule has 0 unspecified atom stereocenters. The predicted octanol–water partition coefficient (Wildman–Crippen LogP) is 1.45. The SMILES string of the molecule is N#C[C@@H](C(=O)NC1CCCCC1)C(=O)c1cocn1. The van der Waals surface area contributed by atoms with Crippen LogP contribution in [0.15, 0.2) is 17.1 Å². The fraction of sp³-hybridized carbons (Fsp3) is 0.538. The van der Waals surface area contributed by atoms with Gasteiger partial charge < -0.3 is 9.73 Å². The van der Waals surface area contributed by atoms with Gasteiger partial charge in [-0.05, 0) is 12.8 Å². The molecule has 1 amide bonds. The Kier molecular flexibility index (Phi) is 4.29. The van der Waals surface area contributed by atoms with Crippen LogP contribution in [-0.4, -0.2) is 22.7 Å². The monoisotopic (exact) mass is 261 g/mol. The normalized spacial score (nSPS) is 17.4. The van der Waals surface area contributed by atoms with Gasteiger partial charge in [0.1, 0.15) is 12.0 Å². The minimum atomic E-state index is -1.35. The highest BCUT2D eigenvalue weighted by molar-refractivity contribution is 6.11. The van der Waals surface area contributed by atoms with Crippen molar-refractivity contribution < 1.29 is 14.0 Å². The lowest BCUT2D eigenvalue weighted by molar-refractivity contribution is -0.123. The highest BCUT2D eigenvalue weighted by Crippen LogP contribution is 2.18. The highest BCUT2D eigenvalue weighted by atomic mass is 16.3. The van der Waals surface area contributed by atoms with Gasteiger partial charge in [-0.3, -0.25) is 9.59 Å². The summed E-state index contributed by atoms with van der Waals surface area (Å²) >= 11 is 0. The number of rotatable bonds is 4. The smallest absolute Gasteiger partial charge is 0.245 e. The molecule has 0 bridgehead atoms. The van der Waals surface area contributed by atoms with Gasteiger partial charge in [0.25, 0.3) is 0 Å². The van der Waals surface area contributed by atoms with Crippen molar-refractivity contribution in [3.63, 3.8) is 0 Å². The van der Waals surface area contributed by atoms with Gasteiger partial charge in [0.15, 0.2) is 12.3 Å². The number of carbonyl (C=O) groups is 2. The second kappa shape index (κ2) is 6.14. The minimum absolute atomic E-state index is 0.00495.